The van der Waals surface area contributed by atoms with Gasteiger partial charge in [0.05, 0.1) is 17.2 Å². The first-order valence-electron chi connectivity index (χ1n) is 12.7. The Kier molecular flexibility index (Phi) is 10.5. The molecule has 1 N–H and O–H groups in total. The first-order chi connectivity index (χ1) is 18.5. The molecule has 1 atom stereocenters. The SMILES string of the molecule is CCOc1ccc(N(CC(=O)N(Cc2ccccc2)[C@@H](C)C(=O)NC(C)C)S(=O)(=O)c2ccc(Br)cc2)cc1. The van der Waals surface area contributed by atoms with Crippen LogP contribution in [0, 0.1) is 0 Å². The Hall–Kier alpha value is -3.37. The number of nitrogens with zero attached hydrogens (tertiary/aromatic N) is 2. The lowest BCUT2D eigenvalue weighted by Gasteiger charge is -2.32. The fourth-order valence-corrected chi connectivity index (χ4v) is 5.58. The Bertz CT molecular complexity index is 1350. The van der Waals surface area contributed by atoms with Gasteiger partial charge in [-0.1, -0.05) is 46.3 Å². The Balaban J connectivity index is 2.02. The minimum Gasteiger partial charge on any atom is -0.494 e. The van der Waals surface area contributed by atoms with E-state index in [2.05, 4.69) is 21.2 Å². The van der Waals surface area contributed by atoms with E-state index in [4.69, 9.17) is 4.74 Å². The molecule has 0 heterocycles. The maximum absolute atomic E-state index is 13.9. The molecule has 39 heavy (non-hydrogen) atoms. The Morgan fingerprint density at radius 3 is 2.10 bits per heavy atom. The number of hydrogen-bond acceptors (Lipinski definition) is 5. The molecule has 8 nitrogen and oxygen atoms in total. The van der Waals surface area contributed by atoms with E-state index < -0.39 is 28.5 Å². The predicted molar refractivity (Wildman–Crippen MR) is 156 cm³/mol. The fraction of sp³-hybridized carbons (Fsp3) is 0.310. The van der Waals surface area contributed by atoms with Crippen LogP contribution in [0.5, 0.6) is 5.75 Å². The van der Waals surface area contributed by atoms with Crippen molar-refractivity contribution in [3.63, 3.8) is 0 Å². The summed E-state index contributed by atoms with van der Waals surface area (Å²) in [5.41, 5.74) is 1.12. The number of sulfonamides is 1. The van der Waals surface area contributed by atoms with Gasteiger partial charge in [0.15, 0.2) is 0 Å². The Morgan fingerprint density at radius 1 is 0.923 bits per heavy atom. The molecule has 3 aromatic rings. The second-order valence-electron chi connectivity index (χ2n) is 9.24. The van der Waals surface area contributed by atoms with Crippen LogP contribution in [0.25, 0.3) is 0 Å². The molecule has 208 valence electrons. The highest BCUT2D eigenvalue weighted by Gasteiger charge is 2.32. The van der Waals surface area contributed by atoms with Crippen LogP contribution in [-0.2, 0) is 26.2 Å². The molecule has 2 amide bonds. The number of carbonyl (C=O) groups excluding carboxylic acids is 2. The summed E-state index contributed by atoms with van der Waals surface area (Å²) in [6.45, 7) is 7.28. The molecular weight excluding hydrogens is 582 g/mol. The third-order valence-corrected chi connectivity index (χ3v) is 8.23. The van der Waals surface area contributed by atoms with Gasteiger partial charge >= 0.3 is 0 Å². The van der Waals surface area contributed by atoms with Crippen molar-refractivity contribution in [2.24, 2.45) is 0 Å². The van der Waals surface area contributed by atoms with E-state index in [0.29, 0.717) is 18.0 Å². The summed E-state index contributed by atoms with van der Waals surface area (Å²) in [6.07, 6.45) is 0. The second kappa shape index (κ2) is 13.6. The van der Waals surface area contributed by atoms with Crippen molar-refractivity contribution in [3.05, 3.63) is 88.9 Å². The van der Waals surface area contributed by atoms with Crippen LogP contribution >= 0.6 is 15.9 Å². The number of anilines is 1. The fourth-order valence-electron chi connectivity index (χ4n) is 3.91. The monoisotopic (exact) mass is 615 g/mol. The lowest BCUT2D eigenvalue weighted by atomic mass is 10.1. The lowest BCUT2D eigenvalue weighted by Crippen LogP contribution is -2.52. The average Bonchev–Trinajstić information content (AvgIpc) is 2.91. The van der Waals surface area contributed by atoms with Crippen LogP contribution in [-0.4, -0.2) is 50.4 Å². The summed E-state index contributed by atoms with van der Waals surface area (Å²) in [4.78, 5) is 28.3. The highest BCUT2D eigenvalue weighted by Crippen LogP contribution is 2.27. The van der Waals surface area contributed by atoms with Gasteiger partial charge in [0.2, 0.25) is 11.8 Å². The molecule has 0 aliphatic rings. The van der Waals surface area contributed by atoms with Crippen LogP contribution < -0.4 is 14.4 Å². The minimum absolute atomic E-state index is 0.0348. The molecule has 0 aliphatic carbocycles. The van der Waals surface area contributed by atoms with Crippen LogP contribution in [0.15, 0.2) is 88.2 Å². The minimum atomic E-state index is -4.14. The van der Waals surface area contributed by atoms with Gasteiger partial charge in [0, 0.05) is 17.1 Å². The zero-order valence-electron chi connectivity index (χ0n) is 22.5. The van der Waals surface area contributed by atoms with Crippen molar-refractivity contribution in [2.75, 3.05) is 17.5 Å². The van der Waals surface area contributed by atoms with E-state index in [9.17, 15) is 18.0 Å². The maximum atomic E-state index is 13.9. The highest BCUT2D eigenvalue weighted by atomic mass is 79.9. The summed E-state index contributed by atoms with van der Waals surface area (Å²) in [7, 11) is -4.14. The standard InChI is InChI=1S/C29H34BrN3O5S/c1-5-38-26-15-13-25(14-16-26)33(39(36,37)27-17-11-24(30)12-18-27)20-28(34)32(19-23-9-7-6-8-10-23)22(4)29(35)31-21(2)3/h6-18,21-22H,5,19-20H2,1-4H3,(H,31,35)/t22-/m0/s1. The molecule has 3 aromatic carbocycles. The summed E-state index contributed by atoms with van der Waals surface area (Å²) in [5.74, 6) is -0.254. The van der Waals surface area contributed by atoms with Gasteiger partial charge in [-0.25, -0.2) is 8.42 Å². The van der Waals surface area contributed by atoms with Crippen molar-refractivity contribution >= 4 is 43.5 Å². The number of hydrogen-bond donors (Lipinski definition) is 1. The van der Waals surface area contributed by atoms with Gasteiger partial charge in [-0.3, -0.25) is 13.9 Å². The molecule has 0 saturated carbocycles. The molecule has 0 spiro atoms. The van der Waals surface area contributed by atoms with Crippen molar-refractivity contribution in [2.45, 2.75) is 51.2 Å². The number of nitrogens with one attached hydrogen (secondary N) is 1. The van der Waals surface area contributed by atoms with E-state index in [-0.39, 0.29) is 23.4 Å². The molecule has 10 heteroatoms. The van der Waals surface area contributed by atoms with Crippen LogP contribution in [0.3, 0.4) is 0 Å². The molecule has 0 saturated heterocycles. The topological polar surface area (TPSA) is 96.0 Å². The zero-order chi connectivity index (χ0) is 28.6. The molecule has 0 unspecified atom stereocenters. The molecule has 0 radical (unpaired) electrons. The van der Waals surface area contributed by atoms with Gasteiger partial charge in [-0.05, 0) is 81.8 Å². The number of rotatable bonds is 12. The molecule has 0 aromatic heterocycles. The predicted octanol–water partition coefficient (Wildman–Crippen LogP) is 4.99. The van der Waals surface area contributed by atoms with E-state index >= 15 is 0 Å². The highest BCUT2D eigenvalue weighted by molar-refractivity contribution is 9.10. The Morgan fingerprint density at radius 2 is 1.54 bits per heavy atom. The normalized spacial score (nSPS) is 12.1. The van der Waals surface area contributed by atoms with Gasteiger partial charge in [-0.2, -0.15) is 0 Å². The van der Waals surface area contributed by atoms with E-state index in [0.717, 1.165) is 14.3 Å². The second-order valence-corrected chi connectivity index (χ2v) is 12.0. The van der Waals surface area contributed by atoms with Gasteiger partial charge in [-0.15, -0.1) is 0 Å². The number of ether oxygens (including phenoxy) is 1. The van der Waals surface area contributed by atoms with Crippen molar-refractivity contribution in [1.29, 1.82) is 0 Å². The van der Waals surface area contributed by atoms with E-state index in [1.165, 1.54) is 17.0 Å². The van der Waals surface area contributed by atoms with Crippen LogP contribution in [0.2, 0.25) is 0 Å². The first-order valence-corrected chi connectivity index (χ1v) is 14.9. The first kappa shape index (κ1) is 30.2. The third-order valence-electron chi connectivity index (χ3n) is 5.91. The summed E-state index contributed by atoms with van der Waals surface area (Å²) >= 11 is 3.33. The van der Waals surface area contributed by atoms with Crippen molar-refractivity contribution in [1.82, 2.24) is 10.2 Å². The average molecular weight is 617 g/mol. The van der Waals surface area contributed by atoms with E-state index in [1.807, 2.05) is 51.1 Å². The van der Waals surface area contributed by atoms with E-state index in [1.54, 1.807) is 43.3 Å². The number of amides is 2. The smallest absolute Gasteiger partial charge is 0.264 e. The van der Waals surface area contributed by atoms with Crippen molar-refractivity contribution < 1.29 is 22.7 Å². The Labute approximate surface area is 239 Å². The molecule has 0 fully saturated rings. The summed E-state index contributed by atoms with van der Waals surface area (Å²) in [5, 5.41) is 2.85. The molecule has 0 aliphatic heterocycles. The number of benzene rings is 3. The van der Waals surface area contributed by atoms with Crippen LogP contribution in [0.4, 0.5) is 5.69 Å². The van der Waals surface area contributed by atoms with Crippen molar-refractivity contribution in [3.8, 4) is 5.75 Å². The van der Waals surface area contributed by atoms with Gasteiger partial charge in [0.25, 0.3) is 10.0 Å². The van der Waals surface area contributed by atoms with Gasteiger partial charge in [0.1, 0.15) is 18.3 Å². The maximum Gasteiger partial charge on any atom is 0.264 e. The van der Waals surface area contributed by atoms with Crippen LogP contribution in [0.1, 0.15) is 33.3 Å². The van der Waals surface area contributed by atoms with Gasteiger partial charge < -0.3 is 15.0 Å². The molecule has 3 rings (SSSR count). The number of carbonyl (C=O) groups is 2. The third kappa shape index (κ3) is 8.06. The summed E-state index contributed by atoms with van der Waals surface area (Å²) < 4.78 is 35.0. The molecular formula is C29H34BrN3O5S. The zero-order valence-corrected chi connectivity index (χ0v) is 24.9. The quantitative estimate of drug-likeness (QED) is 0.310. The number of halogens is 1. The molecule has 0 bridgehead atoms. The summed E-state index contributed by atoms with van der Waals surface area (Å²) in [6, 6.07) is 21.1. The lowest BCUT2D eigenvalue weighted by molar-refractivity contribution is -0.139. The largest absolute Gasteiger partial charge is 0.494 e.